The first-order valence-corrected chi connectivity index (χ1v) is 8.20. The van der Waals surface area contributed by atoms with Gasteiger partial charge in [0.2, 0.25) is 0 Å². The van der Waals surface area contributed by atoms with Crippen LogP contribution in [0.1, 0.15) is 30.9 Å². The van der Waals surface area contributed by atoms with Crippen LogP contribution in [0.2, 0.25) is 0 Å². The minimum Gasteiger partial charge on any atom is -0.457 e. The summed E-state index contributed by atoms with van der Waals surface area (Å²) in [6.07, 6.45) is 8.04. The van der Waals surface area contributed by atoms with Gasteiger partial charge in [0.15, 0.2) is 0 Å². The molecule has 2 heteroatoms. The van der Waals surface area contributed by atoms with Gasteiger partial charge in [0.25, 0.3) is 0 Å². The first kappa shape index (κ1) is 16.3. The van der Waals surface area contributed by atoms with Gasteiger partial charge < -0.3 is 9.84 Å². The lowest BCUT2D eigenvalue weighted by Gasteiger charge is -2.25. The van der Waals surface area contributed by atoms with Crippen molar-refractivity contribution in [2.24, 2.45) is 0 Å². The predicted molar refractivity (Wildman–Crippen MR) is 97.8 cm³/mol. The molecule has 0 saturated carbocycles. The maximum atomic E-state index is 10.9. The number of hydrogen-bond donors (Lipinski definition) is 1. The van der Waals surface area contributed by atoms with Crippen molar-refractivity contribution in [1.82, 2.24) is 0 Å². The highest BCUT2D eigenvalue weighted by Gasteiger charge is 2.25. The number of hydrogen-bond acceptors (Lipinski definition) is 2. The maximum absolute atomic E-state index is 10.9. The van der Waals surface area contributed by atoms with E-state index < -0.39 is 5.60 Å². The summed E-state index contributed by atoms with van der Waals surface area (Å²) in [5.74, 6) is 1.60. The normalized spacial score (nSPS) is 16.6. The smallest absolute Gasteiger partial charge is 0.130 e. The Morgan fingerprint density at radius 1 is 0.958 bits per heavy atom. The molecule has 0 aliphatic heterocycles. The van der Waals surface area contributed by atoms with Crippen LogP contribution in [0.4, 0.5) is 0 Å². The summed E-state index contributed by atoms with van der Waals surface area (Å²) in [6, 6.07) is 17.3. The fraction of sp³-hybridized carbons (Fsp3) is 0.182. The second kappa shape index (κ2) is 6.90. The molecule has 1 aliphatic rings. The second-order valence-electron chi connectivity index (χ2n) is 6.07. The fourth-order valence-electron chi connectivity index (χ4n) is 2.86. The average molecular weight is 318 g/mol. The first-order valence-electron chi connectivity index (χ1n) is 8.20. The van der Waals surface area contributed by atoms with Gasteiger partial charge in [-0.15, -0.1) is 0 Å². The van der Waals surface area contributed by atoms with Crippen molar-refractivity contribution in [2.45, 2.75) is 25.4 Å². The third kappa shape index (κ3) is 3.34. The molecule has 2 aromatic carbocycles. The number of rotatable bonds is 5. The van der Waals surface area contributed by atoms with E-state index in [4.69, 9.17) is 4.74 Å². The van der Waals surface area contributed by atoms with Crippen molar-refractivity contribution in [3.05, 3.63) is 102 Å². The van der Waals surface area contributed by atoms with Crippen LogP contribution in [0.25, 0.3) is 0 Å². The van der Waals surface area contributed by atoms with Gasteiger partial charge >= 0.3 is 0 Å². The Morgan fingerprint density at radius 3 is 2.25 bits per heavy atom. The molecule has 0 aromatic heterocycles. The van der Waals surface area contributed by atoms with Crippen LogP contribution in [0.15, 0.2) is 90.7 Å². The van der Waals surface area contributed by atoms with Crippen LogP contribution in [-0.2, 0) is 5.60 Å². The Kier molecular flexibility index (Phi) is 4.68. The number of benzene rings is 2. The van der Waals surface area contributed by atoms with Crippen molar-refractivity contribution in [2.75, 3.05) is 0 Å². The van der Waals surface area contributed by atoms with Crippen LogP contribution in [0.3, 0.4) is 0 Å². The minimum absolute atomic E-state index is 0.753. The van der Waals surface area contributed by atoms with Crippen LogP contribution >= 0.6 is 0 Å². The number of allylic oxidation sites excluding steroid dienone is 3. The molecule has 0 saturated heterocycles. The molecule has 0 fully saturated rings. The molecule has 1 unspecified atom stereocenters. The van der Waals surface area contributed by atoms with E-state index in [0.717, 1.165) is 41.1 Å². The van der Waals surface area contributed by atoms with E-state index in [0.29, 0.717) is 0 Å². The third-order valence-corrected chi connectivity index (χ3v) is 4.35. The minimum atomic E-state index is -1.03. The van der Waals surface area contributed by atoms with E-state index >= 15 is 0 Å². The molecule has 24 heavy (non-hydrogen) atoms. The molecule has 0 amide bonds. The maximum Gasteiger partial charge on any atom is 0.130 e. The van der Waals surface area contributed by atoms with E-state index in [1.807, 2.05) is 60.7 Å². The molecule has 0 radical (unpaired) electrons. The molecule has 0 bridgehead atoms. The average Bonchev–Trinajstić information content (AvgIpc) is 2.63. The van der Waals surface area contributed by atoms with Gasteiger partial charge in [-0.1, -0.05) is 61.2 Å². The summed E-state index contributed by atoms with van der Waals surface area (Å²) in [7, 11) is 0. The largest absolute Gasteiger partial charge is 0.457 e. The Hall–Kier alpha value is -2.58. The van der Waals surface area contributed by atoms with Gasteiger partial charge in [-0.2, -0.15) is 0 Å². The third-order valence-electron chi connectivity index (χ3n) is 4.35. The monoisotopic (exact) mass is 318 g/mol. The first-order chi connectivity index (χ1) is 11.6. The summed E-state index contributed by atoms with van der Waals surface area (Å²) >= 11 is 0. The van der Waals surface area contributed by atoms with Crippen LogP contribution < -0.4 is 4.74 Å². The summed E-state index contributed by atoms with van der Waals surface area (Å²) in [5, 5.41) is 10.9. The summed E-state index contributed by atoms with van der Waals surface area (Å²) in [4.78, 5) is 0. The highest BCUT2D eigenvalue weighted by atomic mass is 16.5. The van der Waals surface area contributed by atoms with Crippen LogP contribution in [-0.4, -0.2) is 5.11 Å². The Bertz CT molecular complexity index is 765. The summed E-state index contributed by atoms with van der Waals surface area (Å²) in [5.41, 5.74) is 1.70. The van der Waals surface area contributed by atoms with Gasteiger partial charge in [-0.05, 0) is 49.1 Å². The molecular formula is C22H22O2. The van der Waals surface area contributed by atoms with E-state index in [-0.39, 0.29) is 0 Å². The molecule has 1 aliphatic carbocycles. The highest BCUT2D eigenvalue weighted by molar-refractivity contribution is 5.42. The van der Waals surface area contributed by atoms with Gasteiger partial charge in [0, 0.05) is 5.57 Å². The molecule has 0 heterocycles. The quantitative estimate of drug-likeness (QED) is 0.830. The van der Waals surface area contributed by atoms with Crippen molar-refractivity contribution in [1.29, 1.82) is 0 Å². The van der Waals surface area contributed by atoms with Gasteiger partial charge in [0.1, 0.15) is 17.1 Å². The van der Waals surface area contributed by atoms with Crippen molar-refractivity contribution >= 4 is 0 Å². The zero-order valence-corrected chi connectivity index (χ0v) is 13.9. The summed E-state index contributed by atoms with van der Waals surface area (Å²) < 4.78 is 5.97. The van der Waals surface area contributed by atoms with Gasteiger partial charge in [-0.25, -0.2) is 0 Å². The van der Waals surface area contributed by atoms with Crippen molar-refractivity contribution < 1.29 is 9.84 Å². The lowest BCUT2D eigenvalue weighted by atomic mass is 9.88. The number of aliphatic hydroxyl groups is 1. The van der Waals surface area contributed by atoms with E-state index in [1.54, 1.807) is 6.92 Å². The molecule has 1 atom stereocenters. The second-order valence-corrected chi connectivity index (χ2v) is 6.07. The zero-order valence-electron chi connectivity index (χ0n) is 13.9. The fourth-order valence-corrected chi connectivity index (χ4v) is 2.86. The SMILES string of the molecule is C=CC1=CCCC=C1Oc1ccc(C(C)(O)c2ccccc2)cc1. The predicted octanol–water partition coefficient (Wildman–Crippen LogP) is 5.11. The van der Waals surface area contributed by atoms with Crippen molar-refractivity contribution in [3.63, 3.8) is 0 Å². The lowest BCUT2D eigenvalue weighted by Crippen LogP contribution is -2.22. The molecule has 2 aromatic rings. The zero-order chi connectivity index (χ0) is 17.0. The van der Waals surface area contributed by atoms with E-state index in [1.165, 1.54) is 0 Å². The summed E-state index contributed by atoms with van der Waals surface area (Å²) in [6.45, 7) is 5.64. The van der Waals surface area contributed by atoms with Crippen LogP contribution in [0, 0.1) is 0 Å². The topological polar surface area (TPSA) is 29.5 Å². The molecule has 0 spiro atoms. The van der Waals surface area contributed by atoms with Crippen molar-refractivity contribution in [3.8, 4) is 5.75 Å². The molecule has 1 N–H and O–H groups in total. The molecular weight excluding hydrogens is 296 g/mol. The van der Waals surface area contributed by atoms with Crippen LogP contribution in [0.5, 0.6) is 5.75 Å². The highest BCUT2D eigenvalue weighted by Crippen LogP contribution is 2.31. The van der Waals surface area contributed by atoms with E-state index in [9.17, 15) is 5.11 Å². The molecule has 2 nitrogen and oxygen atoms in total. The lowest BCUT2D eigenvalue weighted by molar-refractivity contribution is 0.102. The molecule has 3 rings (SSSR count). The van der Waals surface area contributed by atoms with Gasteiger partial charge in [0.05, 0.1) is 0 Å². The Balaban J connectivity index is 1.80. The number of ether oxygens (including phenoxy) is 1. The van der Waals surface area contributed by atoms with E-state index in [2.05, 4.69) is 18.7 Å². The molecule has 122 valence electrons. The Labute approximate surface area is 143 Å². The van der Waals surface area contributed by atoms with Gasteiger partial charge in [-0.3, -0.25) is 0 Å². The Morgan fingerprint density at radius 2 is 1.58 bits per heavy atom. The standard InChI is InChI=1S/C22H22O2/c1-3-17-9-7-8-12-21(17)24-20-15-13-19(14-16-20)22(2,23)18-10-5-4-6-11-18/h3-6,9-16,23H,1,7-8H2,2H3.